The highest BCUT2D eigenvalue weighted by atomic mass is 32.2. The Bertz CT molecular complexity index is 1150. The quantitative estimate of drug-likeness (QED) is 0.443. The Morgan fingerprint density at radius 1 is 1.12 bits per heavy atom. The maximum atomic E-state index is 12.4. The van der Waals surface area contributed by atoms with Gasteiger partial charge in [0.1, 0.15) is 5.65 Å². The van der Waals surface area contributed by atoms with Crippen LogP contribution in [-0.2, 0) is 4.79 Å². The second kappa shape index (κ2) is 5.99. The normalized spacial score (nSPS) is 15.6. The van der Waals surface area contributed by atoms with Crippen molar-refractivity contribution in [3.63, 3.8) is 0 Å². The van der Waals surface area contributed by atoms with E-state index in [9.17, 15) is 4.79 Å². The molecule has 130 valence electrons. The van der Waals surface area contributed by atoms with Crippen LogP contribution in [-0.4, -0.2) is 31.6 Å². The van der Waals surface area contributed by atoms with E-state index in [1.54, 1.807) is 0 Å². The number of rotatable bonds is 4. The summed E-state index contributed by atoms with van der Waals surface area (Å²) in [6.07, 6.45) is 2.18. The van der Waals surface area contributed by atoms with Gasteiger partial charge in [0.05, 0.1) is 21.8 Å². The van der Waals surface area contributed by atoms with Crippen LogP contribution >= 0.6 is 11.8 Å². The fraction of sp³-hybridized carbons (Fsp3) is 0.250. The zero-order valence-corrected chi connectivity index (χ0v) is 15.2. The van der Waals surface area contributed by atoms with Gasteiger partial charge in [0.2, 0.25) is 5.91 Å². The Morgan fingerprint density at radius 3 is 2.65 bits per heavy atom. The van der Waals surface area contributed by atoms with Crippen LogP contribution in [0.15, 0.2) is 53.7 Å². The van der Waals surface area contributed by atoms with E-state index in [1.807, 2.05) is 55.5 Å². The first-order valence-electron chi connectivity index (χ1n) is 8.84. The topological polar surface area (TPSA) is 59.3 Å². The van der Waals surface area contributed by atoms with Crippen LogP contribution in [0.25, 0.3) is 27.6 Å². The minimum Gasteiger partial charge on any atom is -0.352 e. The number of nitrogens with zero attached hydrogens (tertiary/aromatic N) is 3. The largest absolute Gasteiger partial charge is 0.352 e. The Kier molecular flexibility index (Phi) is 3.60. The number of carbonyl (C=O) groups excluding carboxylic acids is 1. The lowest BCUT2D eigenvalue weighted by Gasteiger charge is -2.13. The monoisotopic (exact) mass is 362 g/mol. The molecule has 1 aliphatic carbocycles. The first-order chi connectivity index (χ1) is 12.7. The lowest BCUT2D eigenvalue weighted by Crippen LogP contribution is -2.32. The molecule has 5 rings (SSSR count). The molecule has 6 heteroatoms. The van der Waals surface area contributed by atoms with Crippen LogP contribution in [0.2, 0.25) is 0 Å². The molecule has 1 atom stereocenters. The number of amides is 1. The van der Waals surface area contributed by atoms with Gasteiger partial charge in [-0.15, -0.1) is 0 Å². The Morgan fingerprint density at radius 2 is 1.85 bits per heavy atom. The van der Waals surface area contributed by atoms with E-state index in [2.05, 4.69) is 9.72 Å². The number of thioether (sulfide) groups is 1. The Balaban J connectivity index is 1.67. The molecule has 0 unspecified atom stereocenters. The van der Waals surface area contributed by atoms with Crippen molar-refractivity contribution < 1.29 is 4.79 Å². The summed E-state index contributed by atoms with van der Waals surface area (Å²) in [4.78, 5) is 22.1. The highest BCUT2D eigenvalue weighted by Gasteiger charge is 2.27. The third-order valence-corrected chi connectivity index (χ3v) is 5.74. The summed E-state index contributed by atoms with van der Waals surface area (Å²) in [6, 6.07) is 16.4. The van der Waals surface area contributed by atoms with E-state index in [-0.39, 0.29) is 11.2 Å². The summed E-state index contributed by atoms with van der Waals surface area (Å²) in [5.41, 5.74) is 3.72. The van der Waals surface area contributed by atoms with Gasteiger partial charge in [0.25, 0.3) is 0 Å². The first kappa shape index (κ1) is 15.6. The molecule has 1 N–H and O–H groups in total. The number of fused-ring (bicyclic) bond motifs is 5. The lowest BCUT2D eigenvalue weighted by molar-refractivity contribution is -0.120. The molecule has 0 aliphatic heterocycles. The van der Waals surface area contributed by atoms with Gasteiger partial charge < -0.3 is 5.32 Å². The van der Waals surface area contributed by atoms with Gasteiger partial charge in [-0.05, 0) is 44.0 Å². The second-order valence-electron chi connectivity index (χ2n) is 6.71. The van der Waals surface area contributed by atoms with Crippen molar-refractivity contribution in [1.29, 1.82) is 0 Å². The molecular weight excluding hydrogens is 344 g/mol. The molecular formula is C20H18N4OS. The van der Waals surface area contributed by atoms with Gasteiger partial charge in [-0.25, -0.2) is 9.97 Å². The molecule has 2 aromatic heterocycles. The highest BCUT2D eigenvalue weighted by molar-refractivity contribution is 8.00. The molecule has 1 fully saturated rings. The van der Waals surface area contributed by atoms with E-state index in [1.165, 1.54) is 11.8 Å². The van der Waals surface area contributed by atoms with E-state index in [4.69, 9.17) is 9.97 Å². The van der Waals surface area contributed by atoms with Gasteiger partial charge in [-0.3, -0.25) is 9.20 Å². The molecule has 0 saturated heterocycles. The summed E-state index contributed by atoms with van der Waals surface area (Å²) in [5.74, 6) is 0.0741. The summed E-state index contributed by atoms with van der Waals surface area (Å²) in [7, 11) is 0. The zero-order chi connectivity index (χ0) is 17.7. The van der Waals surface area contributed by atoms with Crippen molar-refractivity contribution in [2.45, 2.75) is 36.2 Å². The second-order valence-corrected chi connectivity index (χ2v) is 8.02. The standard InChI is InChI=1S/C20H18N4OS/c1-12(19(25)21-13-10-11-13)26-20-23-15-7-3-2-6-14(15)18-22-16-8-4-5-9-17(16)24(18)20/h2-9,12-13H,10-11H2,1H3,(H,21,25)/t12-/m1/s1. The minimum atomic E-state index is -0.214. The fourth-order valence-corrected chi connectivity index (χ4v) is 4.08. The van der Waals surface area contributed by atoms with Crippen molar-refractivity contribution in [3.05, 3.63) is 48.5 Å². The van der Waals surface area contributed by atoms with Crippen LogP contribution in [0.3, 0.4) is 0 Å². The predicted molar refractivity (Wildman–Crippen MR) is 104 cm³/mol. The molecule has 0 radical (unpaired) electrons. The summed E-state index contributed by atoms with van der Waals surface area (Å²) in [5, 5.41) is 4.68. The number of benzene rings is 2. The summed E-state index contributed by atoms with van der Waals surface area (Å²) >= 11 is 1.49. The van der Waals surface area contributed by atoms with E-state index in [0.29, 0.717) is 6.04 Å². The third kappa shape index (κ3) is 2.61. The van der Waals surface area contributed by atoms with Crippen LogP contribution in [0.5, 0.6) is 0 Å². The summed E-state index contributed by atoms with van der Waals surface area (Å²) < 4.78 is 2.07. The fourth-order valence-electron chi connectivity index (χ4n) is 3.15. The van der Waals surface area contributed by atoms with Crippen LogP contribution in [0, 0.1) is 0 Å². The Labute approximate surface area is 154 Å². The van der Waals surface area contributed by atoms with E-state index >= 15 is 0 Å². The number of carbonyl (C=O) groups is 1. The van der Waals surface area contributed by atoms with Gasteiger partial charge >= 0.3 is 0 Å². The first-order valence-corrected chi connectivity index (χ1v) is 9.71. The van der Waals surface area contributed by atoms with Gasteiger partial charge in [-0.2, -0.15) is 0 Å². The number of nitrogens with one attached hydrogen (secondary N) is 1. The molecule has 26 heavy (non-hydrogen) atoms. The van der Waals surface area contributed by atoms with Crippen molar-refractivity contribution in [2.24, 2.45) is 0 Å². The third-order valence-electron chi connectivity index (χ3n) is 4.69. The molecule has 1 amide bonds. The predicted octanol–water partition coefficient (Wildman–Crippen LogP) is 3.79. The molecule has 0 spiro atoms. The maximum absolute atomic E-state index is 12.4. The molecule has 2 heterocycles. The van der Waals surface area contributed by atoms with Gasteiger partial charge in [0.15, 0.2) is 5.16 Å². The Hall–Kier alpha value is -2.60. The molecule has 2 aromatic carbocycles. The van der Waals surface area contributed by atoms with E-state index < -0.39 is 0 Å². The zero-order valence-electron chi connectivity index (χ0n) is 14.3. The average molecular weight is 362 g/mol. The minimum absolute atomic E-state index is 0.0741. The van der Waals surface area contributed by atoms with E-state index in [0.717, 1.165) is 45.6 Å². The lowest BCUT2D eigenvalue weighted by atomic mass is 10.2. The average Bonchev–Trinajstić information content (AvgIpc) is 3.38. The van der Waals surface area contributed by atoms with Crippen molar-refractivity contribution in [3.8, 4) is 0 Å². The molecule has 0 bridgehead atoms. The van der Waals surface area contributed by atoms with Crippen LogP contribution in [0.4, 0.5) is 0 Å². The van der Waals surface area contributed by atoms with Crippen molar-refractivity contribution in [1.82, 2.24) is 19.7 Å². The van der Waals surface area contributed by atoms with Crippen LogP contribution < -0.4 is 5.32 Å². The summed E-state index contributed by atoms with van der Waals surface area (Å²) in [6.45, 7) is 1.93. The molecule has 1 saturated carbocycles. The molecule has 1 aliphatic rings. The van der Waals surface area contributed by atoms with Crippen molar-refractivity contribution >= 4 is 45.3 Å². The van der Waals surface area contributed by atoms with Crippen molar-refractivity contribution in [2.75, 3.05) is 0 Å². The molecule has 5 nitrogen and oxygen atoms in total. The maximum Gasteiger partial charge on any atom is 0.233 e. The molecule has 4 aromatic rings. The van der Waals surface area contributed by atoms with Gasteiger partial charge in [-0.1, -0.05) is 36.0 Å². The number of aromatic nitrogens is 3. The SMILES string of the molecule is C[C@@H](Sc1nc2ccccc2c2nc3ccccc3n12)C(=O)NC1CC1. The highest BCUT2D eigenvalue weighted by Crippen LogP contribution is 2.31. The smallest absolute Gasteiger partial charge is 0.233 e. The number of imidazole rings is 1. The number of para-hydroxylation sites is 3. The number of hydrogen-bond acceptors (Lipinski definition) is 4. The van der Waals surface area contributed by atoms with Crippen LogP contribution in [0.1, 0.15) is 19.8 Å². The van der Waals surface area contributed by atoms with Gasteiger partial charge in [0, 0.05) is 11.4 Å². The number of hydrogen-bond donors (Lipinski definition) is 1.